The van der Waals surface area contributed by atoms with Crippen molar-refractivity contribution in [1.29, 1.82) is 0 Å². The van der Waals surface area contributed by atoms with Gasteiger partial charge < -0.3 is 20.5 Å². The molecule has 0 aliphatic rings. The van der Waals surface area contributed by atoms with Crippen molar-refractivity contribution in [1.82, 2.24) is 5.32 Å². The van der Waals surface area contributed by atoms with E-state index in [0.717, 1.165) is 25.9 Å². The van der Waals surface area contributed by atoms with Crippen molar-refractivity contribution in [3.8, 4) is 0 Å². The van der Waals surface area contributed by atoms with E-state index in [1.807, 2.05) is 12.1 Å². The van der Waals surface area contributed by atoms with Crippen LogP contribution in [-0.2, 0) is 16.0 Å². The van der Waals surface area contributed by atoms with Crippen molar-refractivity contribution in [3.63, 3.8) is 0 Å². The molecule has 0 aliphatic carbocycles. The van der Waals surface area contributed by atoms with Crippen LogP contribution in [0.15, 0.2) is 48.5 Å². The van der Waals surface area contributed by atoms with Crippen molar-refractivity contribution in [3.05, 3.63) is 70.8 Å². The molecule has 0 aliphatic heterocycles. The quantitative estimate of drug-likeness (QED) is 0.309. The summed E-state index contributed by atoms with van der Waals surface area (Å²) in [5, 5.41) is 3.35. The van der Waals surface area contributed by atoms with Crippen molar-refractivity contribution in [2.24, 2.45) is 5.73 Å². The molecule has 0 saturated carbocycles. The Balaban J connectivity index is 0.000000530. The van der Waals surface area contributed by atoms with Crippen molar-refractivity contribution >= 4 is 18.2 Å². The normalized spacial score (nSPS) is 9.48. The molecule has 0 bridgehead atoms. The minimum Gasteiger partial charge on any atom is -0.465 e. The first-order valence-electron chi connectivity index (χ1n) is 11.2. The summed E-state index contributed by atoms with van der Waals surface area (Å²) in [6, 6.07) is 13.7. The molecule has 0 fully saturated rings. The first kappa shape index (κ1) is 30.0. The van der Waals surface area contributed by atoms with E-state index in [4.69, 9.17) is 5.73 Å². The summed E-state index contributed by atoms with van der Waals surface area (Å²) >= 11 is 0. The molecule has 0 amide bonds. The van der Waals surface area contributed by atoms with Crippen LogP contribution in [-0.4, -0.2) is 45.5 Å². The SMILES string of the molecule is CCCCN.CCCCNCc1ccc(C(=O)OC)cc1.COC(=O)c1ccc(C=O)cc1. The molecular formula is C26H38N2O5. The summed E-state index contributed by atoms with van der Waals surface area (Å²) in [6.07, 6.45) is 5.51. The molecule has 0 radical (unpaired) electrons. The van der Waals surface area contributed by atoms with E-state index >= 15 is 0 Å². The number of hydrogen-bond donors (Lipinski definition) is 2. The highest BCUT2D eigenvalue weighted by Crippen LogP contribution is 2.05. The predicted molar refractivity (Wildman–Crippen MR) is 132 cm³/mol. The standard InChI is InChI=1S/C13H19NO2.C9H8O3.C4H11N/c1-3-4-9-14-10-11-5-7-12(8-6-11)13(15)16-2;1-12-9(11)8-4-2-7(6-10)3-5-8;1-2-3-4-5/h5-8,14H,3-4,9-10H2,1-2H3;2-6H,1H3;2-5H2,1H3. The maximum Gasteiger partial charge on any atom is 0.337 e. The summed E-state index contributed by atoms with van der Waals surface area (Å²) in [5.74, 6) is -0.682. The Morgan fingerprint density at radius 3 is 1.70 bits per heavy atom. The number of nitrogens with two attached hydrogens (primary N) is 1. The maximum absolute atomic E-state index is 11.2. The molecule has 0 unspecified atom stereocenters. The van der Waals surface area contributed by atoms with Gasteiger partial charge in [-0.1, -0.05) is 51.0 Å². The zero-order valence-electron chi connectivity index (χ0n) is 20.3. The summed E-state index contributed by atoms with van der Waals surface area (Å²) in [6.45, 7) is 7.03. The van der Waals surface area contributed by atoms with E-state index in [1.165, 1.54) is 45.5 Å². The van der Waals surface area contributed by atoms with E-state index in [1.54, 1.807) is 36.4 Å². The lowest BCUT2D eigenvalue weighted by atomic mass is 10.1. The molecule has 2 rings (SSSR count). The minimum atomic E-state index is -0.396. The van der Waals surface area contributed by atoms with Crippen LogP contribution in [0.5, 0.6) is 0 Å². The number of nitrogens with one attached hydrogen (secondary N) is 1. The zero-order chi connectivity index (χ0) is 24.9. The Morgan fingerprint density at radius 2 is 1.33 bits per heavy atom. The number of hydrogen-bond acceptors (Lipinski definition) is 7. The van der Waals surface area contributed by atoms with E-state index in [-0.39, 0.29) is 5.97 Å². The largest absolute Gasteiger partial charge is 0.465 e. The van der Waals surface area contributed by atoms with Crippen LogP contribution < -0.4 is 11.1 Å². The molecule has 3 N–H and O–H groups in total. The van der Waals surface area contributed by atoms with Crippen LogP contribution in [0.4, 0.5) is 0 Å². The number of methoxy groups -OCH3 is 2. The van der Waals surface area contributed by atoms with Crippen LogP contribution >= 0.6 is 0 Å². The Labute approximate surface area is 197 Å². The summed E-state index contributed by atoms with van der Waals surface area (Å²) in [4.78, 5) is 32.3. The van der Waals surface area contributed by atoms with Gasteiger partial charge in [-0.3, -0.25) is 4.79 Å². The Kier molecular flexibility index (Phi) is 17.8. The van der Waals surface area contributed by atoms with Gasteiger partial charge in [-0.2, -0.15) is 0 Å². The first-order chi connectivity index (χ1) is 16.0. The van der Waals surface area contributed by atoms with Crippen LogP contribution in [0.3, 0.4) is 0 Å². The fourth-order valence-corrected chi connectivity index (χ4v) is 2.43. The fraction of sp³-hybridized carbons (Fsp3) is 0.423. The van der Waals surface area contributed by atoms with E-state index in [9.17, 15) is 14.4 Å². The first-order valence-corrected chi connectivity index (χ1v) is 11.2. The molecule has 0 atom stereocenters. The van der Waals surface area contributed by atoms with Crippen LogP contribution in [0, 0.1) is 0 Å². The molecule has 33 heavy (non-hydrogen) atoms. The smallest absolute Gasteiger partial charge is 0.337 e. The molecule has 7 nitrogen and oxygen atoms in total. The Morgan fingerprint density at radius 1 is 0.848 bits per heavy atom. The van der Waals surface area contributed by atoms with E-state index in [0.29, 0.717) is 16.7 Å². The van der Waals surface area contributed by atoms with Gasteiger partial charge in [0.2, 0.25) is 0 Å². The summed E-state index contributed by atoms with van der Waals surface area (Å²) in [7, 11) is 2.71. The third kappa shape index (κ3) is 13.9. The molecule has 182 valence electrons. The second-order valence-electron chi connectivity index (χ2n) is 7.09. The highest BCUT2D eigenvalue weighted by Gasteiger charge is 2.04. The number of carbonyl (C=O) groups is 3. The Bertz CT molecular complexity index is 787. The van der Waals surface area contributed by atoms with Gasteiger partial charge in [0.1, 0.15) is 6.29 Å². The molecule has 7 heteroatoms. The van der Waals surface area contributed by atoms with Gasteiger partial charge in [-0.05, 0) is 55.8 Å². The molecule has 0 heterocycles. The molecule has 0 spiro atoms. The highest BCUT2D eigenvalue weighted by molar-refractivity contribution is 5.90. The third-order valence-electron chi connectivity index (χ3n) is 4.44. The number of rotatable bonds is 10. The van der Waals surface area contributed by atoms with E-state index in [2.05, 4.69) is 28.6 Å². The number of benzene rings is 2. The topological polar surface area (TPSA) is 108 Å². The summed E-state index contributed by atoms with van der Waals surface area (Å²) < 4.78 is 9.12. The molecule has 2 aromatic carbocycles. The number of unbranched alkanes of at least 4 members (excludes halogenated alkanes) is 2. The van der Waals surface area contributed by atoms with Gasteiger partial charge in [0, 0.05) is 12.1 Å². The van der Waals surface area contributed by atoms with Crippen molar-refractivity contribution in [2.75, 3.05) is 27.3 Å². The fourth-order valence-electron chi connectivity index (χ4n) is 2.43. The van der Waals surface area contributed by atoms with Gasteiger partial charge in [0.15, 0.2) is 0 Å². The average Bonchev–Trinajstić information content (AvgIpc) is 2.87. The number of aldehydes is 1. The van der Waals surface area contributed by atoms with Gasteiger partial charge >= 0.3 is 11.9 Å². The van der Waals surface area contributed by atoms with Gasteiger partial charge in [-0.15, -0.1) is 0 Å². The maximum atomic E-state index is 11.2. The molecule has 2 aromatic rings. The van der Waals surface area contributed by atoms with Gasteiger partial charge in [0.25, 0.3) is 0 Å². The predicted octanol–water partition coefficient (Wildman–Crippen LogP) is 4.39. The lowest BCUT2D eigenvalue weighted by molar-refractivity contribution is 0.0592. The molecule has 0 aromatic heterocycles. The molecular weight excluding hydrogens is 420 g/mol. The minimum absolute atomic E-state index is 0.287. The third-order valence-corrected chi connectivity index (χ3v) is 4.44. The van der Waals surface area contributed by atoms with Gasteiger partial charge in [-0.25, -0.2) is 9.59 Å². The lowest BCUT2D eigenvalue weighted by Crippen LogP contribution is -2.14. The second-order valence-corrected chi connectivity index (χ2v) is 7.09. The van der Waals surface area contributed by atoms with Crippen molar-refractivity contribution < 1.29 is 23.9 Å². The summed E-state index contributed by atoms with van der Waals surface area (Å²) in [5.41, 5.74) is 7.91. The Hall–Kier alpha value is -3.03. The highest BCUT2D eigenvalue weighted by atomic mass is 16.5. The zero-order valence-corrected chi connectivity index (χ0v) is 20.3. The van der Waals surface area contributed by atoms with Crippen LogP contribution in [0.1, 0.15) is 76.2 Å². The lowest BCUT2D eigenvalue weighted by Gasteiger charge is -2.04. The number of esters is 2. The number of carbonyl (C=O) groups excluding carboxylic acids is 3. The molecule has 0 saturated heterocycles. The monoisotopic (exact) mass is 458 g/mol. The van der Waals surface area contributed by atoms with Crippen LogP contribution in [0.2, 0.25) is 0 Å². The average molecular weight is 459 g/mol. The van der Waals surface area contributed by atoms with Crippen LogP contribution in [0.25, 0.3) is 0 Å². The van der Waals surface area contributed by atoms with Gasteiger partial charge in [0.05, 0.1) is 25.3 Å². The number of ether oxygens (including phenoxy) is 2. The van der Waals surface area contributed by atoms with Crippen molar-refractivity contribution in [2.45, 2.75) is 46.1 Å². The van der Waals surface area contributed by atoms with E-state index < -0.39 is 5.97 Å². The second kappa shape index (κ2) is 19.6.